The standard InChI is InChI=1S/C14H18N4/c1-4-5-12-17-13(10(3)14(15)18-12)11-6-7-16-9(2)8-11/h6-8H,4-5H2,1-3H3,(H2,15,17,18). The molecule has 0 bridgehead atoms. The van der Waals surface area contributed by atoms with Crippen molar-refractivity contribution in [3.8, 4) is 11.3 Å². The van der Waals surface area contributed by atoms with Crippen molar-refractivity contribution in [2.75, 3.05) is 5.73 Å². The van der Waals surface area contributed by atoms with Crippen LogP contribution in [0.3, 0.4) is 0 Å². The highest BCUT2D eigenvalue weighted by atomic mass is 15.0. The number of rotatable bonds is 3. The van der Waals surface area contributed by atoms with Crippen LogP contribution in [0, 0.1) is 13.8 Å². The van der Waals surface area contributed by atoms with Crippen molar-refractivity contribution in [3.05, 3.63) is 35.4 Å². The number of hydrogen-bond donors (Lipinski definition) is 1. The first-order valence-electron chi connectivity index (χ1n) is 6.17. The van der Waals surface area contributed by atoms with E-state index in [0.29, 0.717) is 5.82 Å². The molecule has 0 fully saturated rings. The first-order valence-corrected chi connectivity index (χ1v) is 6.17. The molecule has 0 atom stereocenters. The van der Waals surface area contributed by atoms with E-state index in [0.717, 1.165) is 41.2 Å². The van der Waals surface area contributed by atoms with Crippen molar-refractivity contribution in [1.29, 1.82) is 0 Å². The summed E-state index contributed by atoms with van der Waals surface area (Å²) in [6, 6.07) is 3.97. The number of nitrogens with two attached hydrogens (primary N) is 1. The van der Waals surface area contributed by atoms with Crippen LogP contribution in [-0.2, 0) is 6.42 Å². The van der Waals surface area contributed by atoms with Crippen LogP contribution >= 0.6 is 0 Å². The summed E-state index contributed by atoms with van der Waals surface area (Å²) in [6.07, 6.45) is 3.65. The van der Waals surface area contributed by atoms with Gasteiger partial charge in [0.05, 0.1) is 5.69 Å². The predicted molar refractivity (Wildman–Crippen MR) is 73.1 cm³/mol. The van der Waals surface area contributed by atoms with Crippen LogP contribution in [0.2, 0.25) is 0 Å². The fourth-order valence-corrected chi connectivity index (χ4v) is 1.89. The maximum absolute atomic E-state index is 5.96. The number of anilines is 1. The van der Waals surface area contributed by atoms with E-state index in [1.54, 1.807) is 6.20 Å². The Labute approximate surface area is 107 Å². The van der Waals surface area contributed by atoms with E-state index in [1.807, 2.05) is 26.0 Å². The van der Waals surface area contributed by atoms with Crippen molar-refractivity contribution in [2.45, 2.75) is 33.6 Å². The van der Waals surface area contributed by atoms with E-state index in [-0.39, 0.29) is 0 Å². The molecule has 0 aliphatic rings. The summed E-state index contributed by atoms with van der Waals surface area (Å²) in [5, 5.41) is 0. The Morgan fingerprint density at radius 3 is 2.67 bits per heavy atom. The van der Waals surface area contributed by atoms with Gasteiger partial charge in [0.15, 0.2) is 0 Å². The minimum Gasteiger partial charge on any atom is -0.383 e. The molecule has 2 heterocycles. The Kier molecular flexibility index (Phi) is 3.55. The highest BCUT2D eigenvalue weighted by molar-refractivity contribution is 5.67. The Balaban J connectivity index is 2.55. The van der Waals surface area contributed by atoms with Gasteiger partial charge < -0.3 is 5.73 Å². The largest absolute Gasteiger partial charge is 0.383 e. The number of nitrogens with zero attached hydrogens (tertiary/aromatic N) is 3. The van der Waals surface area contributed by atoms with Crippen molar-refractivity contribution in [3.63, 3.8) is 0 Å². The fourth-order valence-electron chi connectivity index (χ4n) is 1.89. The molecule has 18 heavy (non-hydrogen) atoms. The third-order valence-corrected chi connectivity index (χ3v) is 2.87. The SMILES string of the molecule is CCCc1nc(N)c(C)c(-c2ccnc(C)c2)n1. The lowest BCUT2D eigenvalue weighted by Crippen LogP contribution is -2.05. The van der Waals surface area contributed by atoms with Gasteiger partial charge in [-0.1, -0.05) is 6.92 Å². The molecule has 4 nitrogen and oxygen atoms in total. The van der Waals surface area contributed by atoms with E-state index in [9.17, 15) is 0 Å². The van der Waals surface area contributed by atoms with Gasteiger partial charge >= 0.3 is 0 Å². The zero-order valence-electron chi connectivity index (χ0n) is 11.1. The summed E-state index contributed by atoms with van der Waals surface area (Å²) in [5.74, 6) is 1.38. The molecule has 0 unspecified atom stereocenters. The van der Waals surface area contributed by atoms with Gasteiger partial charge in [-0.25, -0.2) is 9.97 Å². The van der Waals surface area contributed by atoms with Crippen molar-refractivity contribution in [2.24, 2.45) is 0 Å². The smallest absolute Gasteiger partial charge is 0.131 e. The summed E-state index contributed by atoms with van der Waals surface area (Å²) in [7, 11) is 0. The molecule has 2 aromatic rings. The first kappa shape index (κ1) is 12.5. The number of pyridine rings is 1. The van der Waals surface area contributed by atoms with Crippen LogP contribution in [0.25, 0.3) is 11.3 Å². The van der Waals surface area contributed by atoms with Gasteiger partial charge in [0.1, 0.15) is 11.6 Å². The van der Waals surface area contributed by atoms with Crippen molar-refractivity contribution >= 4 is 5.82 Å². The quantitative estimate of drug-likeness (QED) is 0.898. The molecule has 4 heteroatoms. The number of nitrogen functional groups attached to an aromatic ring is 1. The van der Waals surface area contributed by atoms with Crippen molar-refractivity contribution in [1.82, 2.24) is 15.0 Å². The number of aryl methyl sites for hydroxylation is 2. The second kappa shape index (κ2) is 5.12. The van der Waals surface area contributed by atoms with Crippen LogP contribution in [0.4, 0.5) is 5.82 Å². The average molecular weight is 242 g/mol. The molecule has 0 aliphatic carbocycles. The fraction of sp³-hybridized carbons (Fsp3) is 0.357. The predicted octanol–water partition coefficient (Wildman–Crippen LogP) is 2.69. The van der Waals surface area contributed by atoms with E-state index in [2.05, 4.69) is 21.9 Å². The molecule has 94 valence electrons. The summed E-state index contributed by atoms with van der Waals surface area (Å²) in [4.78, 5) is 13.1. The van der Waals surface area contributed by atoms with Crippen molar-refractivity contribution < 1.29 is 0 Å². The maximum Gasteiger partial charge on any atom is 0.131 e. The molecule has 0 amide bonds. The van der Waals surface area contributed by atoms with Gasteiger partial charge in [-0.3, -0.25) is 4.98 Å². The molecule has 0 saturated heterocycles. The van der Waals surface area contributed by atoms with Gasteiger partial charge in [0.2, 0.25) is 0 Å². The van der Waals surface area contributed by atoms with Crippen LogP contribution in [0.15, 0.2) is 18.3 Å². The molecule has 0 spiro atoms. The molecule has 2 rings (SSSR count). The topological polar surface area (TPSA) is 64.7 Å². The van der Waals surface area contributed by atoms with Crippen LogP contribution in [0.5, 0.6) is 0 Å². The molecular formula is C14H18N4. The lowest BCUT2D eigenvalue weighted by Gasteiger charge is -2.10. The third kappa shape index (κ3) is 2.47. The lowest BCUT2D eigenvalue weighted by molar-refractivity contribution is 0.836. The Morgan fingerprint density at radius 1 is 1.22 bits per heavy atom. The van der Waals surface area contributed by atoms with Crippen LogP contribution < -0.4 is 5.73 Å². The minimum atomic E-state index is 0.568. The van der Waals surface area contributed by atoms with Gasteiger partial charge in [-0.05, 0) is 32.4 Å². The lowest BCUT2D eigenvalue weighted by atomic mass is 10.1. The Bertz CT molecular complexity index is 564. The van der Waals surface area contributed by atoms with Gasteiger partial charge in [0, 0.05) is 29.4 Å². The summed E-state index contributed by atoms with van der Waals surface area (Å²) >= 11 is 0. The molecule has 0 aliphatic heterocycles. The zero-order valence-corrected chi connectivity index (χ0v) is 11.1. The molecule has 2 N–H and O–H groups in total. The zero-order chi connectivity index (χ0) is 13.1. The minimum absolute atomic E-state index is 0.568. The second-order valence-electron chi connectivity index (χ2n) is 4.43. The van der Waals surface area contributed by atoms with Crippen LogP contribution in [0.1, 0.15) is 30.4 Å². The van der Waals surface area contributed by atoms with E-state index >= 15 is 0 Å². The number of hydrogen-bond acceptors (Lipinski definition) is 4. The second-order valence-corrected chi connectivity index (χ2v) is 4.43. The molecule has 0 aromatic carbocycles. The Hall–Kier alpha value is -1.97. The molecule has 0 saturated carbocycles. The van der Waals surface area contributed by atoms with E-state index in [1.165, 1.54) is 0 Å². The molecular weight excluding hydrogens is 224 g/mol. The third-order valence-electron chi connectivity index (χ3n) is 2.87. The molecule has 2 aromatic heterocycles. The van der Waals surface area contributed by atoms with Gasteiger partial charge in [0.25, 0.3) is 0 Å². The highest BCUT2D eigenvalue weighted by Gasteiger charge is 2.10. The monoisotopic (exact) mass is 242 g/mol. The summed E-state index contributed by atoms with van der Waals surface area (Å²) in [6.45, 7) is 6.03. The van der Waals surface area contributed by atoms with E-state index < -0.39 is 0 Å². The van der Waals surface area contributed by atoms with E-state index in [4.69, 9.17) is 5.73 Å². The summed E-state index contributed by atoms with van der Waals surface area (Å²) < 4.78 is 0. The Morgan fingerprint density at radius 2 is 2.00 bits per heavy atom. The highest BCUT2D eigenvalue weighted by Crippen LogP contribution is 2.24. The van der Waals surface area contributed by atoms with Gasteiger partial charge in [-0.2, -0.15) is 0 Å². The summed E-state index contributed by atoms with van der Waals surface area (Å²) in [5.41, 5.74) is 9.83. The van der Waals surface area contributed by atoms with Gasteiger partial charge in [-0.15, -0.1) is 0 Å². The number of aromatic nitrogens is 3. The average Bonchev–Trinajstić information content (AvgIpc) is 2.34. The molecule has 0 radical (unpaired) electrons. The van der Waals surface area contributed by atoms with Crippen LogP contribution in [-0.4, -0.2) is 15.0 Å². The normalized spacial score (nSPS) is 10.6. The maximum atomic E-state index is 5.96. The first-order chi connectivity index (χ1) is 8.61.